The van der Waals surface area contributed by atoms with Crippen molar-refractivity contribution in [1.29, 1.82) is 0 Å². The Morgan fingerprint density at radius 3 is 2.24 bits per heavy atom. The lowest BCUT2D eigenvalue weighted by atomic mass is 9.87. The molecule has 3 heteroatoms. The topological polar surface area (TPSA) is 33.5 Å². The van der Waals surface area contributed by atoms with E-state index in [0.29, 0.717) is 28.5 Å². The largest absolute Gasteiger partial charge is 0.455 e. The Hall–Kier alpha value is -2.91. The summed E-state index contributed by atoms with van der Waals surface area (Å²) in [5.41, 5.74) is 5.15. The quantitative estimate of drug-likeness (QED) is 0.412. The summed E-state index contributed by atoms with van der Waals surface area (Å²) in [4.78, 5) is 15.1. The van der Waals surface area contributed by atoms with Crippen LogP contribution in [0.2, 0.25) is 0 Å². The summed E-state index contributed by atoms with van der Waals surface area (Å²) in [6, 6.07) is 22.1. The number of hydrogen-bond donors (Lipinski definition) is 0. The van der Waals surface area contributed by atoms with Crippen LogP contribution in [0.3, 0.4) is 0 Å². The number of fused-ring (bicyclic) bond motifs is 2. The fourth-order valence-electron chi connectivity index (χ4n) is 3.78. The van der Waals surface area contributed by atoms with Crippen LogP contribution in [-0.4, -0.2) is 11.9 Å². The molecule has 1 heterocycles. The van der Waals surface area contributed by atoms with Gasteiger partial charge in [-0.3, -0.25) is 9.69 Å². The van der Waals surface area contributed by atoms with E-state index in [9.17, 15) is 4.79 Å². The van der Waals surface area contributed by atoms with E-state index in [2.05, 4.69) is 57.0 Å². The third-order valence-electron chi connectivity index (χ3n) is 5.40. The lowest BCUT2D eigenvalue weighted by Crippen LogP contribution is -2.18. The van der Waals surface area contributed by atoms with Crippen molar-refractivity contribution in [3.8, 4) is 0 Å². The van der Waals surface area contributed by atoms with Gasteiger partial charge in [0.25, 0.3) is 0 Å². The molecule has 0 spiro atoms. The van der Waals surface area contributed by atoms with Crippen molar-refractivity contribution in [1.82, 2.24) is 4.90 Å². The molecule has 29 heavy (non-hydrogen) atoms. The van der Waals surface area contributed by atoms with Crippen LogP contribution >= 0.6 is 0 Å². The Bertz CT molecular complexity index is 1210. The van der Waals surface area contributed by atoms with Crippen LogP contribution in [0.1, 0.15) is 37.5 Å². The molecule has 0 N–H and O–H groups in total. The van der Waals surface area contributed by atoms with Crippen molar-refractivity contribution in [2.45, 2.75) is 39.3 Å². The fraction of sp³-hybridized carbons (Fsp3) is 0.269. The normalized spacial score (nSPS) is 12.2. The second-order valence-corrected chi connectivity index (χ2v) is 8.84. The van der Waals surface area contributed by atoms with E-state index in [4.69, 9.17) is 4.42 Å². The molecule has 0 aliphatic carbocycles. The van der Waals surface area contributed by atoms with Gasteiger partial charge >= 0.3 is 0 Å². The first-order valence-corrected chi connectivity index (χ1v) is 10.0. The van der Waals surface area contributed by atoms with Gasteiger partial charge in [0.2, 0.25) is 5.43 Å². The Morgan fingerprint density at radius 2 is 1.52 bits per heavy atom. The van der Waals surface area contributed by atoms with Crippen molar-refractivity contribution >= 4 is 21.9 Å². The minimum absolute atomic E-state index is 0.0316. The third kappa shape index (κ3) is 3.96. The van der Waals surface area contributed by atoms with Gasteiger partial charge < -0.3 is 4.42 Å². The summed E-state index contributed by atoms with van der Waals surface area (Å²) in [5.74, 6) is 0. The fourth-order valence-corrected chi connectivity index (χ4v) is 3.78. The van der Waals surface area contributed by atoms with Crippen LogP contribution in [0.5, 0.6) is 0 Å². The van der Waals surface area contributed by atoms with E-state index in [0.717, 1.165) is 12.1 Å². The highest BCUT2D eigenvalue weighted by atomic mass is 16.3. The molecule has 0 saturated carbocycles. The smallest absolute Gasteiger partial charge is 0.200 e. The lowest BCUT2D eigenvalue weighted by molar-refractivity contribution is 0.319. The molecule has 0 aliphatic rings. The zero-order chi connectivity index (χ0) is 20.6. The first kappa shape index (κ1) is 19.4. The van der Waals surface area contributed by atoms with Crippen molar-refractivity contribution in [2.24, 2.45) is 0 Å². The second-order valence-electron chi connectivity index (χ2n) is 8.84. The Balaban J connectivity index is 1.61. The van der Waals surface area contributed by atoms with Crippen LogP contribution in [0.4, 0.5) is 0 Å². The van der Waals surface area contributed by atoms with Gasteiger partial charge in [-0.1, -0.05) is 69.3 Å². The molecule has 0 bridgehead atoms. The van der Waals surface area contributed by atoms with E-state index in [1.54, 1.807) is 0 Å². The van der Waals surface area contributed by atoms with Gasteiger partial charge in [0, 0.05) is 18.7 Å². The highest BCUT2D eigenvalue weighted by Gasteiger charge is 2.14. The molecule has 0 radical (unpaired) electrons. The van der Waals surface area contributed by atoms with Crippen LogP contribution in [-0.2, 0) is 18.5 Å². The molecular formula is C26H27NO2. The molecule has 0 fully saturated rings. The van der Waals surface area contributed by atoms with E-state index < -0.39 is 0 Å². The first-order chi connectivity index (χ1) is 13.8. The van der Waals surface area contributed by atoms with Crippen molar-refractivity contribution < 1.29 is 4.42 Å². The zero-order valence-electron chi connectivity index (χ0n) is 17.5. The van der Waals surface area contributed by atoms with Crippen molar-refractivity contribution in [3.05, 3.63) is 93.6 Å². The average Bonchev–Trinajstić information content (AvgIpc) is 2.68. The Labute approximate surface area is 171 Å². The van der Waals surface area contributed by atoms with E-state index in [-0.39, 0.29) is 10.8 Å². The molecule has 3 nitrogen and oxygen atoms in total. The van der Waals surface area contributed by atoms with E-state index in [1.807, 2.05) is 42.5 Å². The highest BCUT2D eigenvalue weighted by molar-refractivity contribution is 5.90. The number of benzene rings is 3. The summed E-state index contributed by atoms with van der Waals surface area (Å²) >= 11 is 0. The van der Waals surface area contributed by atoms with Crippen molar-refractivity contribution in [2.75, 3.05) is 7.05 Å². The maximum atomic E-state index is 12.9. The molecule has 0 saturated heterocycles. The molecule has 148 valence electrons. The van der Waals surface area contributed by atoms with Gasteiger partial charge in [-0.25, -0.2) is 0 Å². The molecular weight excluding hydrogens is 358 g/mol. The lowest BCUT2D eigenvalue weighted by Gasteiger charge is -2.21. The maximum Gasteiger partial charge on any atom is 0.200 e. The van der Waals surface area contributed by atoms with Crippen LogP contribution in [0, 0.1) is 0 Å². The maximum absolute atomic E-state index is 12.9. The number of hydrogen-bond acceptors (Lipinski definition) is 3. The number of nitrogens with zero attached hydrogens (tertiary/aromatic N) is 1. The number of para-hydroxylation sites is 2. The minimum atomic E-state index is 0.0316. The van der Waals surface area contributed by atoms with Gasteiger partial charge in [-0.15, -0.1) is 0 Å². The van der Waals surface area contributed by atoms with E-state index in [1.165, 1.54) is 11.1 Å². The minimum Gasteiger partial charge on any atom is -0.455 e. The second kappa shape index (κ2) is 7.49. The average molecular weight is 386 g/mol. The molecule has 4 aromatic rings. The SMILES string of the molecule is CN(Cc1ccc(C(C)(C)C)cc1)Cc1cccc2c(=O)c3ccccc3oc12. The molecule has 4 rings (SSSR count). The molecule has 3 aromatic carbocycles. The van der Waals surface area contributed by atoms with Crippen molar-refractivity contribution in [3.63, 3.8) is 0 Å². The van der Waals surface area contributed by atoms with Gasteiger partial charge in [0.05, 0.1) is 10.8 Å². The molecule has 0 amide bonds. The molecule has 0 atom stereocenters. The van der Waals surface area contributed by atoms with Gasteiger partial charge in [0.1, 0.15) is 11.2 Å². The van der Waals surface area contributed by atoms with Crippen LogP contribution in [0.25, 0.3) is 21.9 Å². The van der Waals surface area contributed by atoms with Gasteiger partial charge in [-0.05, 0) is 41.8 Å². The predicted molar refractivity (Wildman–Crippen MR) is 120 cm³/mol. The predicted octanol–water partition coefficient (Wildman–Crippen LogP) is 5.88. The molecule has 0 aliphatic heterocycles. The third-order valence-corrected chi connectivity index (χ3v) is 5.40. The van der Waals surface area contributed by atoms with E-state index >= 15 is 0 Å². The molecule has 0 unspecified atom stereocenters. The summed E-state index contributed by atoms with van der Waals surface area (Å²) in [5, 5.41) is 1.27. The monoisotopic (exact) mass is 385 g/mol. The standard InChI is InChI=1S/C26H27NO2/c1-26(2,3)20-14-12-18(13-15-20)16-27(4)17-19-8-7-10-22-24(28)21-9-5-6-11-23(21)29-25(19)22/h5-15H,16-17H2,1-4H3. The Kier molecular flexibility index (Phi) is 5.01. The zero-order valence-corrected chi connectivity index (χ0v) is 17.5. The summed E-state index contributed by atoms with van der Waals surface area (Å²) in [7, 11) is 2.09. The van der Waals surface area contributed by atoms with Gasteiger partial charge in [-0.2, -0.15) is 0 Å². The number of rotatable bonds is 4. The summed E-state index contributed by atoms with van der Waals surface area (Å²) in [6.07, 6.45) is 0. The van der Waals surface area contributed by atoms with Crippen LogP contribution in [0.15, 0.2) is 75.9 Å². The van der Waals surface area contributed by atoms with Gasteiger partial charge in [0.15, 0.2) is 0 Å². The van der Waals surface area contributed by atoms with Crippen LogP contribution < -0.4 is 5.43 Å². The summed E-state index contributed by atoms with van der Waals surface area (Å²) in [6.45, 7) is 8.22. The molecule has 1 aromatic heterocycles. The highest BCUT2D eigenvalue weighted by Crippen LogP contribution is 2.24. The Morgan fingerprint density at radius 1 is 0.828 bits per heavy atom. The first-order valence-electron chi connectivity index (χ1n) is 10.0. The summed E-state index contributed by atoms with van der Waals surface area (Å²) < 4.78 is 6.14.